The van der Waals surface area contributed by atoms with Gasteiger partial charge in [-0.15, -0.1) is 0 Å². The van der Waals surface area contributed by atoms with Gasteiger partial charge in [0.25, 0.3) is 0 Å². The molecule has 1 N–H and O–H groups in total. The first-order valence-corrected chi connectivity index (χ1v) is 5.29. The van der Waals surface area contributed by atoms with Crippen LogP contribution in [-0.2, 0) is 6.42 Å². The molecule has 1 aromatic carbocycles. The third-order valence-electron chi connectivity index (χ3n) is 2.83. The number of fused-ring (bicyclic) bond motifs is 2. The summed E-state index contributed by atoms with van der Waals surface area (Å²) in [7, 11) is 0. The second-order valence-corrected chi connectivity index (χ2v) is 3.77. The first kappa shape index (κ1) is 10.0. The van der Waals surface area contributed by atoms with E-state index in [1.165, 1.54) is 0 Å². The maximum absolute atomic E-state index is 11.0. The van der Waals surface area contributed by atoms with E-state index in [0.29, 0.717) is 29.1 Å². The normalized spacial score (nSPS) is 13.2. The molecule has 1 aromatic heterocycles. The second kappa shape index (κ2) is 3.41. The smallest absolute Gasteiger partial charge is 0.372 e. The van der Waals surface area contributed by atoms with Crippen molar-refractivity contribution >= 4 is 16.9 Å². The summed E-state index contributed by atoms with van der Waals surface area (Å²) in [5, 5.41) is 9.82. The highest BCUT2D eigenvalue weighted by Gasteiger charge is 2.22. The van der Waals surface area contributed by atoms with Crippen molar-refractivity contribution in [3.8, 4) is 11.5 Å². The maximum Gasteiger partial charge on any atom is 0.372 e. The van der Waals surface area contributed by atoms with Crippen LogP contribution in [0.15, 0.2) is 16.5 Å². The van der Waals surface area contributed by atoms with Gasteiger partial charge >= 0.3 is 5.97 Å². The van der Waals surface area contributed by atoms with E-state index in [0.717, 1.165) is 5.39 Å². The van der Waals surface area contributed by atoms with E-state index in [1.54, 1.807) is 12.1 Å². The topological polar surface area (TPSA) is 68.9 Å². The Morgan fingerprint density at radius 3 is 2.71 bits per heavy atom. The Morgan fingerprint density at radius 2 is 2.06 bits per heavy atom. The molecule has 0 amide bonds. The molecule has 0 saturated carbocycles. The number of furan rings is 1. The molecule has 2 heterocycles. The van der Waals surface area contributed by atoms with Crippen molar-refractivity contribution in [1.82, 2.24) is 0 Å². The van der Waals surface area contributed by atoms with Crippen LogP contribution < -0.4 is 9.47 Å². The molecule has 88 valence electrons. The van der Waals surface area contributed by atoms with Crippen molar-refractivity contribution in [1.29, 1.82) is 0 Å². The summed E-state index contributed by atoms with van der Waals surface area (Å²) in [5.41, 5.74) is 1.20. The Labute approximate surface area is 96.5 Å². The molecule has 5 heteroatoms. The van der Waals surface area contributed by atoms with Gasteiger partial charge in [0.15, 0.2) is 11.5 Å². The van der Waals surface area contributed by atoms with Crippen molar-refractivity contribution < 1.29 is 23.8 Å². The van der Waals surface area contributed by atoms with Gasteiger partial charge in [0, 0.05) is 17.0 Å². The van der Waals surface area contributed by atoms with Gasteiger partial charge in [0.1, 0.15) is 5.58 Å². The van der Waals surface area contributed by atoms with Crippen LogP contribution in [0.3, 0.4) is 0 Å². The third kappa shape index (κ3) is 1.35. The van der Waals surface area contributed by atoms with E-state index in [4.69, 9.17) is 19.0 Å². The predicted molar refractivity (Wildman–Crippen MR) is 58.7 cm³/mol. The average molecular weight is 234 g/mol. The minimum absolute atomic E-state index is 0.00817. The number of aromatic carboxylic acids is 1. The molecule has 0 radical (unpaired) electrons. The molecule has 3 rings (SSSR count). The van der Waals surface area contributed by atoms with Crippen LogP contribution in [0.1, 0.15) is 23.0 Å². The lowest BCUT2D eigenvalue weighted by Crippen LogP contribution is -1.97. The number of carbonyl (C=O) groups is 1. The van der Waals surface area contributed by atoms with Crippen LogP contribution in [-0.4, -0.2) is 17.9 Å². The molecule has 0 atom stereocenters. The lowest BCUT2D eigenvalue weighted by molar-refractivity contribution is 0.0663. The van der Waals surface area contributed by atoms with Crippen LogP contribution in [0, 0.1) is 0 Å². The SMILES string of the molecule is CCc1c(C(=O)O)oc2cc3c(cc12)OCO3. The van der Waals surface area contributed by atoms with Crippen LogP contribution >= 0.6 is 0 Å². The van der Waals surface area contributed by atoms with Crippen molar-refractivity contribution in [2.75, 3.05) is 6.79 Å². The summed E-state index contributed by atoms with van der Waals surface area (Å²) in [4.78, 5) is 11.0. The zero-order valence-corrected chi connectivity index (χ0v) is 9.15. The van der Waals surface area contributed by atoms with Gasteiger partial charge in [-0.1, -0.05) is 6.92 Å². The molecule has 1 aliphatic heterocycles. The Morgan fingerprint density at radius 1 is 1.35 bits per heavy atom. The van der Waals surface area contributed by atoms with Crippen molar-refractivity contribution in [3.05, 3.63) is 23.5 Å². The molecule has 1 aliphatic rings. The summed E-state index contributed by atoms with van der Waals surface area (Å²) in [6.07, 6.45) is 0.592. The Balaban J connectivity index is 2.31. The molecule has 17 heavy (non-hydrogen) atoms. The number of rotatable bonds is 2. The zero-order chi connectivity index (χ0) is 12.0. The Kier molecular flexibility index (Phi) is 2.01. The summed E-state index contributed by atoms with van der Waals surface area (Å²) in [6.45, 7) is 2.08. The van der Waals surface area contributed by atoms with E-state index in [-0.39, 0.29) is 12.6 Å². The van der Waals surface area contributed by atoms with Crippen molar-refractivity contribution in [2.24, 2.45) is 0 Å². The van der Waals surface area contributed by atoms with Crippen LogP contribution in [0.4, 0.5) is 0 Å². The first-order chi connectivity index (χ1) is 8.20. The fraction of sp³-hybridized carbons (Fsp3) is 0.250. The molecule has 2 aromatic rings. The number of carboxylic acid groups (broad SMARTS) is 1. The standard InChI is InChI=1S/C12H10O5/c1-2-6-7-3-9-10(16-5-15-9)4-8(7)17-11(6)12(13)14/h3-4H,2,5H2,1H3,(H,13,14). The number of hydrogen-bond donors (Lipinski definition) is 1. The third-order valence-corrected chi connectivity index (χ3v) is 2.83. The van der Waals surface area contributed by atoms with Gasteiger partial charge in [-0.05, 0) is 12.5 Å². The maximum atomic E-state index is 11.0. The van der Waals surface area contributed by atoms with E-state index in [9.17, 15) is 4.79 Å². The van der Waals surface area contributed by atoms with Crippen molar-refractivity contribution in [2.45, 2.75) is 13.3 Å². The molecular weight excluding hydrogens is 224 g/mol. The Hall–Kier alpha value is -2.17. The van der Waals surface area contributed by atoms with Gasteiger partial charge in [-0.2, -0.15) is 0 Å². The molecular formula is C12H10O5. The molecule has 5 nitrogen and oxygen atoms in total. The summed E-state index contributed by atoms with van der Waals surface area (Å²) in [6, 6.07) is 3.44. The quantitative estimate of drug-likeness (QED) is 0.864. The molecule has 0 saturated heterocycles. The molecule has 0 aliphatic carbocycles. The van der Waals surface area contributed by atoms with E-state index in [2.05, 4.69) is 0 Å². The lowest BCUT2D eigenvalue weighted by Gasteiger charge is -1.96. The fourth-order valence-electron chi connectivity index (χ4n) is 2.06. The average Bonchev–Trinajstić information content (AvgIpc) is 2.87. The van der Waals surface area contributed by atoms with Gasteiger partial charge in [0.05, 0.1) is 0 Å². The predicted octanol–water partition coefficient (Wildman–Crippen LogP) is 2.42. The van der Waals surface area contributed by atoms with Crippen molar-refractivity contribution in [3.63, 3.8) is 0 Å². The number of ether oxygens (including phenoxy) is 2. The van der Waals surface area contributed by atoms with Gasteiger partial charge in [-0.3, -0.25) is 0 Å². The molecule has 0 unspecified atom stereocenters. The monoisotopic (exact) mass is 234 g/mol. The van der Waals surface area contributed by atoms with Gasteiger partial charge in [0.2, 0.25) is 12.6 Å². The largest absolute Gasteiger partial charge is 0.475 e. The van der Waals surface area contributed by atoms with Crippen LogP contribution in [0.25, 0.3) is 11.0 Å². The minimum atomic E-state index is -1.06. The highest BCUT2D eigenvalue weighted by molar-refractivity contribution is 5.96. The van der Waals surface area contributed by atoms with Gasteiger partial charge in [-0.25, -0.2) is 4.79 Å². The number of carboxylic acids is 1. The molecule has 0 bridgehead atoms. The van der Waals surface area contributed by atoms with E-state index < -0.39 is 5.97 Å². The molecule has 0 fully saturated rings. The minimum Gasteiger partial charge on any atom is -0.475 e. The number of benzene rings is 1. The molecule has 0 spiro atoms. The highest BCUT2D eigenvalue weighted by Crippen LogP contribution is 2.39. The van der Waals surface area contributed by atoms with Crippen LogP contribution in [0.5, 0.6) is 11.5 Å². The van der Waals surface area contributed by atoms with Crippen LogP contribution in [0.2, 0.25) is 0 Å². The number of aryl methyl sites for hydroxylation is 1. The summed E-state index contributed by atoms with van der Waals surface area (Å²) >= 11 is 0. The lowest BCUT2D eigenvalue weighted by atomic mass is 10.1. The second-order valence-electron chi connectivity index (χ2n) is 3.77. The fourth-order valence-corrected chi connectivity index (χ4v) is 2.06. The summed E-state index contributed by atoms with van der Waals surface area (Å²) < 4.78 is 15.8. The Bertz CT molecular complexity index is 611. The first-order valence-electron chi connectivity index (χ1n) is 5.29. The van der Waals surface area contributed by atoms with Gasteiger partial charge < -0.3 is 19.0 Å². The number of hydrogen-bond acceptors (Lipinski definition) is 4. The highest BCUT2D eigenvalue weighted by atomic mass is 16.7. The van der Waals surface area contributed by atoms with E-state index in [1.807, 2.05) is 6.92 Å². The zero-order valence-electron chi connectivity index (χ0n) is 9.15. The summed E-state index contributed by atoms with van der Waals surface area (Å²) in [5.74, 6) is 0.155. The van der Waals surface area contributed by atoms with E-state index >= 15 is 0 Å².